The number of rotatable bonds is 6. The van der Waals surface area contributed by atoms with Gasteiger partial charge in [0.15, 0.2) is 0 Å². The smallest absolute Gasteiger partial charge is 0.361 e. The van der Waals surface area contributed by atoms with E-state index in [1.165, 1.54) is 12.1 Å². The van der Waals surface area contributed by atoms with Gasteiger partial charge in [-0.15, -0.1) is 0 Å². The fourth-order valence-corrected chi connectivity index (χ4v) is 2.67. The van der Waals surface area contributed by atoms with Crippen LogP contribution in [0.25, 0.3) is 0 Å². The van der Waals surface area contributed by atoms with Crippen molar-refractivity contribution in [2.45, 2.75) is 33.5 Å². The van der Waals surface area contributed by atoms with E-state index in [2.05, 4.69) is 6.58 Å². The molecule has 28 heavy (non-hydrogen) atoms. The first-order chi connectivity index (χ1) is 12.5. The lowest BCUT2D eigenvalue weighted by Crippen LogP contribution is -2.31. The van der Waals surface area contributed by atoms with Gasteiger partial charge in [-0.3, -0.25) is 0 Å². The molecule has 0 saturated carbocycles. The third-order valence-electron chi connectivity index (χ3n) is 2.84. The Balaban J connectivity index is 3.36. The van der Waals surface area contributed by atoms with Crippen LogP contribution in [0.4, 0.5) is 0 Å². The number of esters is 1. The molecule has 0 amide bonds. The molecular formula is C16H16Cl6O5Si. The molecule has 1 unspecified atom stereocenters. The Morgan fingerprint density at radius 2 is 1.50 bits per heavy atom. The monoisotopic (exact) mass is 526 g/mol. The van der Waals surface area contributed by atoms with Crippen LogP contribution in [0.3, 0.4) is 0 Å². The summed E-state index contributed by atoms with van der Waals surface area (Å²) in [6, 6.07) is 6.05. The van der Waals surface area contributed by atoms with E-state index in [1.54, 1.807) is 12.1 Å². The molecule has 1 aromatic rings. The van der Waals surface area contributed by atoms with E-state index in [4.69, 9.17) is 83.5 Å². The van der Waals surface area contributed by atoms with Gasteiger partial charge < -0.3 is 13.9 Å². The molecule has 0 fully saturated rings. The first-order valence-electron chi connectivity index (χ1n) is 7.55. The van der Waals surface area contributed by atoms with E-state index in [0.29, 0.717) is 0 Å². The number of hydrogen-bond acceptors (Lipinski definition) is 5. The van der Waals surface area contributed by atoms with E-state index in [-0.39, 0.29) is 16.9 Å². The maximum absolute atomic E-state index is 12.6. The lowest BCUT2D eigenvalue weighted by molar-refractivity contribution is -0.172. The third-order valence-corrected chi connectivity index (χ3v) is 4.74. The van der Waals surface area contributed by atoms with E-state index < -0.39 is 34.1 Å². The molecule has 1 rings (SSSR count). The Morgan fingerprint density at radius 1 is 0.964 bits per heavy atom. The second kappa shape index (κ2) is 9.64. The molecule has 5 nitrogen and oxygen atoms in total. The van der Waals surface area contributed by atoms with Crippen molar-refractivity contribution in [1.82, 2.24) is 0 Å². The molecule has 12 heteroatoms. The number of alkyl halides is 6. The maximum atomic E-state index is 12.6. The SMILES string of the molecule is C=C(OC(OC(=O)C(Cl)(Cl)Cl)c1ccccc1C(=O)O[Si](C)(C)C)C(Cl)(Cl)Cl. The number of carbonyl (C=O) groups is 2. The minimum absolute atomic E-state index is 0.0594. The highest BCUT2D eigenvalue weighted by molar-refractivity contribution is 6.75. The van der Waals surface area contributed by atoms with Crippen molar-refractivity contribution in [2.24, 2.45) is 0 Å². The molecule has 0 spiro atoms. The van der Waals surface area contributed by atoms with Crippen molar-refractivity contribution in [3.05, 3.63) is 47.7 Å². The predicted octanol–water partition coefficient (Wildman–Crippen LogP) is 6.49. The largest absolute Gasteiger partial charge is 0.516 e. The fourth-order valence-electron chi connectivity index (χ4n) is 1.73. The van der Waals surface area contributed by atoms with Crippen LogP contribution in [0.1, 0.15) is 22.2 Å². The van der Waals surface area contributed by atoms with Crippen LogP contribution >= 0.6 is 69.6 Å². The van der Waals surface area contributed by atoms with Gasteiger partial charge in [0.25, 0.3) is 10.1 Å². The molecular weight excluding hydrogens is 513 g/mol. The second-order valence-corrected chi connectivity index (χ2v) is 15.4. The van der Waals surface area contributed by atoms with Gasteiger partial charge in [-0.25, -0.2) is 9.59 Å². The molecule has 0 aliphatic heterocycles. The molecule has 0 aliphatic carbocycles. The summed E-state index contributed by atoms with van der Waals surface area (Å²) in [5.74, 6) is -2.30. The molecule has 0 saturated heterocycles. The van der Waals surface area contributed by atoms with Gasteiger partial charge >= 0.3 is 11.9 Å². The topological polar surface area (TPSA) is 61.8 Å². The fraction of sp³-hybridized carbons (Fsp3) is 0.375. The number of hydrogen-bond donors (Lipinski definition) is 0. The van der Waals surface area contributed by atoms with E-state index in [1.807, 2.05) is 19.6 Å². The quantitative estimate of drug-likeness (QED) is 0.139. The summed E-state index contributed by atoms with van der Waals surface area (Å²) in [7, 11) is -2.23. The molecule has 1 atom stereocenters. The first kappa shape index (κ1) is 25.7. The van der Waals surface area contributed by atoms with Gasteiger partial charge in [0.1, 0.15) is 5.76 Å². The van der Waals surface area contributed by atoms with Gasteiger partial charge in [-0.2, -0.15) is 0 Å². The Bertz CT molecular complexity index is 723. The summed E-state index contributed by atoms with van der Waals surface area (Å²) in [5, 5.41) is 0. The first-order valence-corrected chi connectivity index (χ1v) is 13.2. The van der Waals surface area contributed by atoms with E-state index in [9.17, 15) is 9.59 Å². The summed E-state index contributed by atoms with van der Waals surface area (Å²) >= 11 is 33.8. The van der Waals surface area contributed by atoms with Crippen LogP contribution < -0.4 is 0 Å². The van der Waals surface area contributed by atoms with Crippen molar-refractivity contribution >= 4 is 89.9 Å². The van der Waals surface area contributed by atoms with Crippen molar-refractivity contribution in [2.75, 3.05) is 0 Å². The average Bonchev–Trinajstić information content (AvgIpc) is 2.50. The van der Waals surface area contributed by atoms with Crippen molar-refractivity contribution in [3.63, 3.8) is 0 Å². The Kier molecular flexibility index (Phi) is 8.85. The minimum atomic E-state index is -2.41. The Morgan fingerprint density at radius 3 is 1.96 bits per heavy atom. The lowest BCUT2D eigenvalue weighted by atomic mass is 10.1. The van der Waals surface area contributed by atoms with Gasteiger partial charge in [0.05, 0.1) is 5.56 Å². The average molecular weight is 529 g/mol. The standard InChI is InChI=1S/C16H16Cl6O5Si/c1-9(15(17,18)19)25-13(26-14(24)16(20,21)22)11-8-6-5-7-10(11)12(23)27-28(2,3)4/h5-8,13H,1H2,2-4H3. The van der Waals surface area contributed by atoms with Gasteiger partial charge in [0.2, 0.25) is 12.1 Å². The normalized spacial score (nSPS) is 13.5. The summed E-state index contributed by atoms with van der Waals surface area (Å²) in [6.07, 6.45) is -1.60. The number of carbonyl (C=O) groups excluding carboxylic acids is 2. The van der Waals surface area contributed by atoms with Gasteiger partial charge in [0, 0.05) is 5.56 Å². The molecule has 0 bridgehead atoms. The highest BCUT2D eigenvalue weighted by atomic mass is 35.6. The Hall–Kier alpha value is -0.343. The summed E-state index contributed by atoms with van der Waals surface area (Å²) < 4.78 is 11.5. The molecule has 0 radical (unpaired) electrons. The zero-order valence-corrected chi connectivity index (χ0v) is 20.4. The highest BCUT2D eigenvalue weighted by Gasteiger charge is 2.38. The summed E-state index contributed by atoms with van der Waals surface area (Å²) in [5.41, 5.74) is 0.146. The highest BCUT2D eigenvalue weighted by Crippen LogP contribution is 2.39. The predicted molar refractivity (Wildman–Crippen MR) is 115 cm³/mol. The molecule has 0 N–H and O–H groups in total. The molecule has 156 valence electrons. The molecule has 0 aromatic heterocycles. The number of benzene rings is 1. The molecule has 0 heterocycles. The summed E-state index contributed by atoms with van der Waals surface area (Å²) in [6.45, 7) is 8.96. The molecule has 0 aliphatic rings. The van der Waals surface area contributed by atoms with Crippen molar-refractivity contribution in [3.8, 4) is 0 Å². The van der Waals surface area contributed by atoms with Gasteiger partial charge in [-0.1, -0.05) is 94.4 Å². The maximum Gasteiger partial charge on any atom is 0.361 e. The lowest BCUT2D eigenvalue weighted by Gasteiger charge is -2.26. The molecule has 1 aromatic carbocycles. The van der Waals surface area contributed by atoms with Gasteiger partial charge in [-0.05, 0) is 25.7 Å². The number of halogens is 6. The van der Waals surface area contributed by atoms with Crippen LogP contribution in [0, 0.1) is 0 Å². The zero-order chi connectivity index (χ0) is 21.9. The second-order valence-electron chi connectivity index (χ2n) is 6.36. The van der Waals surface area contributed by atoms with Crippen LogP contribution in [-0.2, 0) is 18.7 Å². The number of ether oxygens (including phenoxy) is 2. The zero-order valence-electron chi connectivity index (χ0n) is 14.9. The Labute approximate surface area is 193 Å². The van der Waals surface area contributed by atoms with E-state index >= 15 is 0 Å². The van der Waals surface area contributed by atoms with E-state index in [0.717, 1.165) is 0 Å². The van der Waals surface area contributed by atoms with Crippen LogP contribution in [-0.4, -0.2) is 27.8 Å². The van der Waals surface area contributed by atoms with Crippen LogP contribution in [0.5, 0.6) is 0 Å². The van der Waals surface area contributed by atoms with Crippen molar-refractivity contribution < 1.29 is 23.5 Å². The number of allylic oxidation sites excluding steroid dienone is 1. The summed E-state index contributed by atoms with van der Waals surface area (Å²) in [4.78, 5) is 24.6. The minimum Gasteiger partial charge on any atom is -0.516 e. The van der Waals surface area contributed by atoms with Crippen LogP contribution in [0.2, 0.25) is 19.6 Å². The van der Waals surface area contributed by atoms with Crippen LogP contribution in [0.15, 0.2) is 36.6 Å². The van der Waals surface area contributed by atoms with Crippen molar-refractivity contribution in [1.29, 1.82) is 0 Å². The third kappa shape index (κ3) is 8.18.